The molecule has 0 unspecified atom stereocenters. The number of halogens is 2. The molecule has 0 aliphatic carbocycles. The van der Waals surface area contributed by atoms with E-state index in [2.05, 4.69) is 38.5 Å². The first-order valence-corrected chi connectivity index (χ1v) is 7.31. The molecule has 0 saturated carbocycles. The average Bonchev–Trinajstić information content (AvgIpc) is 2.31. The summed E-state index contributed by atoms with van der Waals surface area (Å²) in [6.45, 7) is 2.09. The molecule has 92 valence electrons. The van der Waals surface area contributed by atoms with Crippen LogP contribution >= 0.6 is 38.5 Å². The van der Waals surface area contributed by atoms with Gasteiger partial charge in [0.2, 0.25) is 0 Å². The molecule has 5 heteroatoms. The minimum absolute atomic E-state index is 0.0387. The van der Waals surface area contributed by atoms with Gasteiger partial charge in [0.05, 0.1) is 17.5 Å². The summed E-state index contributed by atoms with van der Waals surface area (Å²) in [6, 6.07) is 5.42. The lowest BCUT2D eigenvalue weighted by Gasteiger charge is -2.08. The van der Waals surface area contributed by atoms with Crippen molar-refractivity contribution in [2.24, 2.45) is 0 Å². The predicted molar refractivity (Wildman–Crippen MR) is 77.6 cm³/mol. The van der Waals surface area contributed by atoms with E-state index in [4.69, 9.17) is 4.74 Å². The first kappa shape index (κ1) is 14.6. The van der Waals surface area contributed by atoms with Crippen molar-refractivity contribution in [3.8, 4) is 0 Å². The Kier molecular flexibility index (Phi) is 6.11. The molecule has 0 N–H and O–H groups in total. The quantitative estimate of drug-likeness (QED) is 0.425. The van der Waals surface area contributed by atoms with Gasteiger partial charge in [-0.3, -0.25) is 4.79 Å². The third kappa shape index (κ3) is 4.39. The van der Waals surface area contributed by atoms with E-state index in [1.165, 1.54) is 0 Å². The van der Waals surface area contributed by atoms with Gasteiger partial charge in [0.15, 0.2) is 0 Å². The Morgan fingerprint density at radius 2 is 2.12 bits per heavy atom. The van der Waals surface area contributed by atoms with Gasteiger partial charge in [0.25, 0.3) is 0 Å². The van der Waals surface area contributed by atoms with Crippen LogP contribution in [0.1, 0.15) is 22.8 Å². The van der Waals surface area contributed by atoms with E-state index in [1.54, 1.807) is 19.1 Å². The second kappa shape index (κ2) is 7.10. The molecule has 1 aromatic rings. The monoisotopic (exact) mass is 410 g/mol. The Hall–Kier alpha value is -0.430. The van der Waals surface area contributed by atoms with Crippen LogP contribution in [0.3, 0.4) is 0 Å². The van der Waals surface area contributed by atoms with Crippen molar-refractivity contribution in [1.29, 1.82) is 0 Å². The standard InChI is InChI=1S/C12H12BrIO3/c1-2-17-12(16)11-6-9(14)4-3-8(11)5-10(15)7-13/h3-4,6H,2,5,7H2,1H3. The summed E-state index contributed by atoms with van der Waals surface area (Å²) >= 11 is 5.24. The molecule has 17 heavy (non-hydrogen) atoms. The van der Waals surface area contributed by atoms with Crippen LogP contribution in [0.5, 0.6) is 0 Å². The molecular formula is C12H12BrIO3. The highest BCUT2D eigenvalue weighted by molar-refractivity contribution is 14.1. The van der Waals surface area contributed by atoms with Gasteiger partial charge >= 0.3 is 5.97 Å². The Labute approximate surface area is 122 Å². The summed E-state index contributed by atoms with van der Waals surface area (Å²) in [4.78, 5) is 23.1. The lowest BCUT2D eigenvalue weighted by molar-refractivity contribution is -0.115. The van der Waals surface area contributed by atoms with Crippen LogP contribution in [0.15, 0.2) is 18.2 Å². The topological polar surface area (TPSA) is 43.4 Å². The van der Waals surface area contributed by atoms with E-state index in [-0.39, 0.29) is 18.2 Å². The zero-order valence-corrected chi connectivity index (χ0v) is 13.1. The Bertz CT molecular complexity index is 432. The fourth-order valence-corrected chi connectivity index (χ4v) is 2.05. The summed E-state index contributed by atoms with van der Waals surface area (Å²) in [5.74, 6) is -0.333. The summed E-state index contributed by atoms with van der Waals surface area (Å²) in [5, 5.41) is 0.293. The zero-order chi connectivity index (χ0) is 12.8. The molecular weight excluding hydrogens is 399 g/mol. The number of carbonyl (C=O) groups is 2. The van der Waals surface area contributed by atoms with Crippen LogP contribution in [-0.2, 0) is 16.0 Å². The zero-order valence-electron chi connectivity index (χ0n) is 9.33. The summed E-state index contributed by atoms with van der Waals surface area (Å²) in [7, 11) is 0. The maximum atomic E-state index is 11.7. The Balaban J connectivity index is 3.03. The van der Waals surface area contributed by atoms with E-state index < -0.39 is 0 Å². The average molecular weight is 411 g/mol. The molecule has 0 atom stereocenters. The minimum atomic E-state index is -0.372. The highest BCUT2D eigenvalue weighted by Crippen LogP contribution is 2.16. The number of alkyl halides is 1. The number of esters is 1. The number of hydrogen-bond donors (Lipinski definition) is 0. The van der Waals surface area contributed by atoms with Gasteiger partial charge < -0.3 is 4.74 Å². The van der Waals surface area contributed by atoms with Crippen LogP contribution < -0.4 is 0 Å². The molecule has 0 saturated heterocycles. The SMILES string of the molecule is CCOC(=O)c1cc(I)ccc1CC(=O)CBr. The Morgan fingerprint density at radius 1 is 1.41 bits per heavy atom. The first-order valence-electron chi connectivity index (χ1n) is 5.11. The molecule has 1 rings (SSSR count). The van der Waals surface area contributed by atoms with Crippen molar-refractivity contribution in [1.82, 2.24) is 0 Å². The van der Waals surface area contributed by atoms with E-state index >= 15 is 0 Å². The lowest BCUT2D eigenvalue weighted by Crippen LogP contribution is -2.12. The van der Waals surface area contributed by atoms with Crippen molar-refractivity contribution in [3.63, 3.8) is 0 Å². The second-order valence-corrected chi connectivity index (χ2v) is 5.18. The van der Waals surface area contributed by atoms with Crippen molar-refractivity contribution in [2.45, 2.75) is 13.3 Å². The van der Waals surface area contributed by atoms with Gasteiger partial charge in [-0.2, -0.15) is 0 Å². The minimum Gasteiger partial charge on any atom is -0.462 e. The van der Waals surface area contributed by atoms with Crippen molar-refractivity contribution in [2.75, 3.05) is 11.9 Å². The van der Waals surface area contributed by atoms with E-state index in [0.29, 0.717) is 23.1 Å². The number of hydrogen-bond acceptors (Lipinski definition) is 3. The third-order valence-corrected chi connectivity index (χ3v) is 3.40. The molecule has 0 heterocycles. The molecule has 0 spiro atoms. The summed E-state index contributed by atoms with van der Waals surface area (Å²) in [6.07, 6.45) is 0.246. The van der Waals surface area contributed by atoms with Crippen molar-refractivity contribution in [3.05, 3.63) is 32.9 Å². The van der Waals surface area contributed by atoms with E-state index in [0.717, 1.165) is 3.57 Å². The predicted octanol–water partition coefficient (Wildman–Crippen LogP) is 2.97. The van der Waals surface area contributed by atoms with Crippen LogP contribution in [0.2, 0.25) is 0 Å². The van der Waals surface area contributed by atoms with Gasteiger partial charge in [-0.1, -0.05) is 22.0 Å². The normalized spacial score (nSPS) is 10.1. The molecule has 3 nitrogen and oxygen atoms in total. The maximum absolute atomic E-state index is 11.7. The summed E-state index contributed by atoms with van der Waals surface area (Å²) in [5.41, 5.74) is 1.20. The maximum Gasteiger partial charge on any atom is 0.338 e. The molecule has 0 fully saturated rings. The highest BCUT2D eigenvalue weighted by Gasteiger charge is 2.15. The van der Waals surface area contributed by atoms with Gasteiger partial charge in [-0.15, -0.1) is 0 Å². The molecule has 1 aromatic carbocycles. The van der Waals surface area contributed by atoms with Crippen LogP contribution in [-0.4, -0.2) is 23.7 Å². The van der Waals surface area contributed by atoms with Gasteiger partial charge in [0.1, 0.15) is 5.78 Å². The van der Waals surface area contributed by atoms with Crippen molar-refractivity contribution < 1.29 is 14.3 Å². The largest absolute Gasteiger partial charge is 0.462 e. The first-order chi connectivity index (χ1) is 8.08. The highest BCUT2D eigenvalue weighted by atomic mass is 127. The van der Waals surface area contributed by atoms with Crippen LogP contribution in [0, 0.1) is 3.57 Å². The smallest absolute Gasteiger partial charge is 0.338 e. The molecule has 0 aliphatic rings. The molecule has 0 radical (unpaired) electrons. The lowest BCUT2D eigenvalue weighted by atomic mass is 10.0. The van der Waals surface area contributed by atoms with E-state index in [1.807, 2.05) is 6.07 Å². The fraction of sp³-hybridized carbons (Fsp3) is 0.333. The number of ether oxygens (including phenoxy) is 1. The molecule has 0 aromatic heterocycles. The van der Waals surface area contributed by atoms with Gasteiger partial charge in [-0.25, -0.2) is 4.79 Å². The van der Waals surface area contributed by atoms with Gasteiger partial charge in [0, 0.05) is 9.99 Å². The third-order valence-electron chi connectivity index (χ3n) is 2.10. The van der Waals surface area contributed by atoms with Crippen LogP contribution in [0.4, 0.5) is 0 Å². The van der Waals surface area contributed by atoms with Crippen molar-refractivity contribution >= 4 is 50.3 Å². The second-order valence-electron chi connectivity index (χ2n) is 3.37. The molecule has 0 bridgehead atoms. The van der Waals surface area contributed by atoms with Crippen LogP contribution in [0.25, 0.3) is 0 Å². The van der Waals surface area contributed by atoms with Gasteiger partial charge in [-0.05, 0) is 47.2 Å². The number of rotatable bonds is 5. The summed E-state index contributed by atoms with van der Waals surface area (Å²) < 4.78 is 5.92. The fourth-order valence-electron chi connectivity index (χ4n) is 1.36. The number of Topliss-reactive ketones (excluding diaryl/α,β-unsaturated/α-hetero) is 1. The molecule has 0 aliphatic heterocycles. The number of benzene rings is 1. The molecule has 0 amide bonds. The van der Waals surface area contributed by atoms with E-state index in [9.17, 15) is 9.59 Å². The number of ketones is 1. The Morgan fingerprint density at radius 3 is 2.71 bits per heavy atom. The number of carbonyl (C=O) groups excluding carboxylic acids is 2.